The number of nitrogens with zero attached hydrogens (tertiary/aromatic N) is 1. The zero-order chi connectivity index (χ0) is 14.8. The number of carbonyl (C=O) groups excluding carboxylic acids is 1. The summed E-state index contributed by atoms with van der Waals surface area (Å²) in [6.45, 7) is 1.97. The Hall–Kier alpha value is -1.24. The molecular formula is C13H17F3N2OS. The van der Waals surface area contributed by atoms with Gasteiger partial charge in [0.1, 0.15) is 0 Å². The number of hydrogen-bond acceptors (Lipinski definition) is 2. The summed E-state index contributed by atoms with van der Waals surface area (Å²) in [7, 11) is 0. The molecule has 0 bridgehead atoms. The van der Waals surface area contributed by atoms with Gasteiger partial charge in [-0.2, -0.15) is 13.2 Å². The number of hydrogen-bond donors (Lipinski definition) is 1. The van der Waals surface area contributed by atoms with Crippen LogP contribution >= 0.6 is 11.3 Å². The van der Waals surface area contributed by atoms with Gasteiger partial charge in [0.05, 0.1) is 12.0 Å². The fourth-order valence-corrected chi connectivity index (χ4v) is 3.05. The minimum absolute atomic E-state index is 0.105. The molecule has 112 valence electrons. The van der Waals surface area contributed by atoms with E-state index in [1.54, 1.807) is 0 Å². The van der Waals surface area contributed by atoms with Crippen molar-refractivity contribution in [3.63, 3.8) is 0 Å². The number of amides is 2. The van der Waals surface area contributed by atoms with Crippen molar-refractivity contribution in [1.29, 1.82) is 0 Å². The van der Waals surface area contributed by atoms with Gasteiger partial charge >= 0.3 is 12.2 Å². The largest absolute Gasteiger partial charge is 0.393 e. The van der Waals surface area contributed by atoms with Crippen molar-refractivity contribution >= 4 is 17.4 Å². The molecule has 2 rings (SSSR count). The van der Waals surface area contributed by atoms with Crippen LogP contribution in [0.5, 0.6) is 0 Å². The summed E-state index contributed by atoms with van der Waals surface area (Å²) in [4.78, 5) is 14.3. The third-order valence-electron chi connectivity index (χ3n) is 3.48. The Bertz CT molecular complexity index is 447. The number of piperidine rings is 1. The van der Waals surface area contributed by atoms with Crippen LogP contribution in [0.3, 0.4) is 0 Å². The average Bonchev–Trinajstić information content (AvgIpc) is 2.91. The fraction of sp³-hybridized carbons (Fsp3) is 0.615. The summed E-state index contributed by atoms with van der Waals surface area (Å²) in [5.41, 5.74) is 0. The van der Waals surface area contributed by atoms with Crippen molar-refractivity contribution in [3.8, 4) is 0 Å². The van der Waals surface area contributed by atoms with E-state index < -0.39 is 18.1 Å². The highest BCUT2D eigenvalue weighted by atomic mass is 32.1. The van der Waals surface area contributed by atoms with Crippen LogP contribution in [0, 0.1) is 5.92 Å². The van der Waals surface area contributed by atoms with Crippen LogP contribution in [-0.2, 0) is 0 Å². The number of thiophene rings is 1. The third-order valence-corrected chi connectivity index (χ3v) is 4.54. The molecule has 20 heavy (non-hydrogen) atoms. The molecule has 2 heterocycles. The fourth-order valence-electron chi connectivity index (χ4n) is 2.31. The minimum Gasteiger partial charge on any atom is -0.331 e. The van der Waals surface area contributed by atoms with E-state index in [0.717, 1.165) is 4.88 Å². The molecule has 1 N–H and O–H groups in total. The number of nitrogens with one attached hydrogen (secondary N) is 1. The second kappa shape index (κ2) is 6.03. The second-order valence-corrected chi connectivity index (χ2v) is 5.99. The molecule has 0 radical (unpaired) electrons. The van der Waals surface area contributed by atoms with Gasteiger partial charge in [0.2, 0.25) is 0 Å². The Morgan fingerprint density at radius 2 is 2.30 bits per heavy atom. The number of rotatable bonds is 2. The highest BCUT2D eigenvalue weighted by molar-refractivity contribution is 7.10. The quantitative estimate of drug-likeness (QED) is 0.886. The molecule has 1 aliphatic heterocycles. The van der Waals surface area contributed by atoms with Crippen LogP contribution < -0.4 is 5.32 Å². The number of halogens is 3. The van der Waals surface area contributed by atoms with Crippen LogP contribution in [-0.4, -0.2) is 30.2 Å². The molecule has 0 aliphatic carbocycles. The molecule has 3 nitrogen and oxygen atoms in total. The first kappa shape index (κ1) is 15.2. The van der Waals surface area contributed by atoms with E-state index >= 15 is 0 Å². The van der Waals surface area contributed by atoms with Crippen LogP contribution in [0.2, 0.25) is 0 Å². The SMILES string of the molecule is C[C@@H](NC(=O)N1CCC[C@H](C(F)(F)F)C1)c1cccs1. The molecular weight excluding hydrogens is 289 g/mol. The van der Waals surface area contributed by atoms with Gasteiger partial charge in [-0.25, -0.2) is 4.79 Å². The predicted octanol–water partition coefficient (Wildman–Crippen LogP) is 3.79. The summed E-state index contributed by atoms with van der Waals surface area (Å²) in [6.07, 6.45) is -3.73. The summed E-state index contributed by atoms with van der Waals surface area (Å²) in [6, 6.07) is 3.17. The van der Waals surface area contributed by atoms with Crippen LogP contribution in [0.25, 0.3) is 0 Å². The second-order valence-electron chi connectivity index (χ2n) is 5.01. The highest BCUT2D eigenvalue weighted by Gasteiger charge is 2.42. The van der Waals surface area contributed by atoms with Crippen molar-refractivity contribution in [2.75, 3.05) is 13.1 Å². The molecule has 0 aromatic carbocycles. The molecule has 2 atom stereocenters. The predicted molar refractivity (Wildman–Crippen MR) is 71.6 cm³/mol. The Kier molecular flexibility index (Phi) is 4.57. The molecule has 0 saturated carbocycles. The molecule has 2 amide bonds. The number of carbonyl (C=O) groups is 1. The molecule has 0 unspecified atom stereocenters. The maximum absolute atomic E-state index is 12.7. The first-order valence-electron chi connectivity index (χ1n) is 6.53. The maximum Gasteiger partial charge on any atom is 0.393 e. The highest BCUT2D eigenvalue weighted by Crippen LogP contribution is 2.33. The smallest absolute Gasteiger partial charge is 0.331 e. The van der Waals surface area contributed by atoms with Crippen molar-refractivity contribution in [3.05, 3.63) is 22.4 Å². The minimum atomic E-state index is -4.22. The lowest BCUT2D eigenvalue weighted by Crippen LogP contribution is -2.48. The molecule has 0 spiro atoms. The zero-order valence-corrected chi connectivity index (χ0v) is 11.9. The van der Waals surface area contributed by atoms with Gasteiger partial charge < -0.3 is 10.2 Å². The normalized spacial score (nSPS) is 21.6. The monoisotopic (exact) mass is 306 g/mol. The summed E-state index contributed by atoms with van der Waals surface area (Å²) < 4.78 is 38.1. The van der Waals surface area contributed by atoms with E-state index in [9.17, 15) is 18.0 Å². The van der Waals surface area contributed by atoms with E-state index in [1.807, 2.05) is 24.4 Å². The summed E-state index contributed by atoms with van der Waals surface area (Å²) in [5, 5.41) is 4.66. The van der Waals surface area contributed by atoms with E-state index in [-0.39, 0.29) is 19.0 Å². The van der Waals surface area contributed by atoms with E-state index in [4.69, 9.17) is 0 Å². The lowest BCUT2D eigenvalue weighted by molar-refractivity contribution is -0.184. The van der Waals surface area contributed by atoms with Gasteiger partial charge in [0.25, 0.3) is 0 Å². The van der Waals surface area contributed by atoms with E-state index in [1.165, 1.54) is 16.2 Å². The van der Waals surface area contributed by atoms with Gasteiger partial charge in [-0.15, -0.1) is 11.3 Å². The Morgan fingerprint density at radius 1 is 1.55 bits per heavy atom. The van der Waals surface area contributed by atoms with Crippen molar-refractivity contribution in [2.24, 2.45) is 5.92 Å². The van der Waals surface area contributed by atoms with Gasteiger partial charge in [-0.05, 0) is 31.2 Å². The van der Waals surface area contributed by atoms with Crippen LogP contribution in [0.1, 0.15) is 30.7 Å². The third kappa shape index (κ3) is 3.65. The summed E-state index contributed by atoms with van der Waals surface area (Å²) >= 11 is 1.51. The van der Waals surface area contributed by atoms with Gasteiger partial charge in [0.15, 0.2) is 0 Å². The van der Waals surface area contributed by atoms with Crippen LogP contribution in [0.4, 0.5) is 18.0 Å². The van der Waals surface area contributed by atoms with Crippen molar-refractivity contribution < 1.29 is 18.0 Å². The summed E-state index contributed by atoms with van der Waals surface area (Å²) in [5.74, 6) is -1.40. The van der Waals surface area contributed by atoms with E-state index in [0.29, 0.717) is 13.0 Å². The van der Waals surface area contributed by atoms with E-state index in [2.05, 4.69) is 5.32 Å². The Balaban J connectivity index is 1.92. The lowest BCUT2D eigenvalue weighted by atomic mass is 9.98. The topological polar surface area (TPSA) is 32.3 Å². The molecule has 1 aromatic rings. The van der Waals surface area contributed by atoms with Crippen LogP contribution in [0.15, 0.2) is 17.5 Å². The number of likely N-dealkylation sites (tertiary alicyclic amines) is 1. The molecule has 1 saturated heterocycles. The maximum atomic E-state index is 12.7. The molecule has 1 aromatic heterocycles. The lowest BCUT2D eigenvalue weighted by Gasteiger charge is -2.34. The van der Waals surface area contributed by atoms with Crippen molar-refractivity contribution in [1.82, 2.24) is 10.2 Å². The zero-order valence-electron chi connectivity index (χ0n) is 11.1. The first-order chi connectivity index (χ1) is 9.38. The van der Waals surface area contributed by atoms with Crippen molar-refractivity contribution in [2.45, 2.75) is 32.0 Å². The Morgan fingerprint density at radius 3 is 2.90 bits per heavy atom. The van der Waals surface area contributed by atoms with Gasteiger partial charge in [-0.1, -0.05) is 6.07 Å². The standard InChI is InChI=1S/C13H17F3N2OS/c1-9(11-5-3-7-20-11)17-12(19)18-6-2-4-10(8-18)13(14,15)16/h3,5,7,9-10H,2,4,6,8H2,1H3,(H,17,19)/t9-,10+/m1/s1. The van der Waals surface area contributed by atoms with Gasteiger partial charge in [-0.3, -0.25) is 0 Å². The molecule has 1 fully saturated rings. The molecule has 1 aliphatic rings. The van der Waals surface area contributed by atoms with Gasteiger partial charge in [0, 0.05) is 18.0 Å². The first-order valence-corrected chi connectivity index (χ1v) is 7.41. The Labute approximate surface area is 119 Å². The molecule has 7 heteroatoms. The number of alkyl halides is 3. The number of urea groups is 1. The average molecular weight is 306 g/mol.